The summed E-state index contributed by atoms with van der Waals surface area (Å²) in [5, 5.41) is 3.40. The molecule has 2 N–H and O–H groups in total. The number of nitrogens with zero attached hydrogens (tertiary/aromatic N) is 4. The van der Waals surface area contributed by atoms with E-state index in [1.807, 2.05) is 42.1 Å². The molecule has 0 aliphatic heterocycles. The van der Waals surface area contributed by atoms with E-state index in [1.54, 1.807) is 0 Å². The highest BCUT2D eigenvalue weighted by Gasteiger charge is 2.19. The fourth-order valence-electron chi connectivity index (χ4n) is 3.30. The number of imidazole rings is 1. The molecule has 0 bridgehead atoms. The lowest BCUT2D eigenvalue weighted by Crippen LogP contribution is -2.01. The zero-order chi connectivity index (χ0) is 19.3. The Kier molecular flexibility index (Phi) is 3.58. The van der Waals surface area contributed by atoms with Crippen molar-refractivity contribution < 1.29 is 8.78 Å². The number of hydrogen-bond donors (Lipinski definition) is 2. The first-order valence-corrected chi connectivity index (χ1v) is 8.58. The summed E-state index contributed by atoms with van der Waals surface area (Å²) < 4.78 is 30.1. The Morgan fingerprint density at radius 3 is 2.57 bits per heavy atom. The Labute approximate surface area is 157 Å². The van der Waals surface area contributed by atoms with Gasteiger partial charge in [-0.2, -0.15) is 0 Å². The maximum Gasteiger partial charge on any atom is 0.149 e. The lowest BCUT2D eigenvalue weighted by Gasteiger charge is -2.09. The second-order valence-electron chi connectivity index (χ2n) is 6.40. The molecule has 138 valence electrons. The van der Waals surface area contributed by atoms with Crippen LogP contribution < -0.4 is 5.32 Å². The van der Waals surface area contributed by atoms with Crippen LogP contribution >= 0.6 is 0 Å². The lowest BCUT2D eigenvalue weighted by atomic mass is 10.2. The summed E-state index contributed by atoms with van der Waals surface area (Å²) in [7, 11) is 1.84. The molecule has 6 nitrogen and oxygen atoms in total. The number of anilines is 2. The highest BCUT2D eigenvalue weighted by atomic mass is 19.1. The molecule has 8 heteroatoms. The third-order valence-corrected chi connectivity index (χ3v) is 4.60. The highest BCUT2D eigenvalue weighted by molar-refractivity contribution is 6.01. The van der Waals surface area contributed by atoms with Crippen LogP contribution in [0.5, 0.6) is 0 Å². The smallest absolute Gasteiger partial charge is 0.149 e. The van der Waals surface area contributed by atoms with Gasteiger partial charge in [-0.1, -0.05) is 18.2 Å². The zero-order valence-corrected chi connectivity index (χ0v) is 14.7. The van der Waals surface area contributed by atoms with Crippen LogP contribution in [0.4, 0.5) is 20.3 Å². The molecule has 5 rings (SSSR count). The van der Waals surface area contributed by atoms with Gasteiger partial charge in [0.05, 0.1) is 16.4 Å². The third kappa shape index (κ3) is 2.50. The molecule has 0 atom stereocenters. The van der Waals surface area contributed by atoms with E-state index in [4.69, 9.17) is 0 Å². The van der Waals surface area contributed by atoms with Crippen molar-refractivity contribution in [1.82, 2.24) is 24.5 Å². The van der Waals surface area contributed by atoms with Gasteiger partial charge >= 0.3 is 0 Å². The van der Waals surface area contributed by atoms with Crippen molar-refractivity contribution in [1.29, 1.82) is 0 Å². The monoisotopic (exact) mass is 376 g/mol. The molecule has 0 spiro atoms. The molecule has 0 amide bonds. The molecule has 0 aliphatic carbocycles. The van der Waals surface area contributed by atoms with E-state index in [0.29, 0.717) is 22.7 Å². The van der Waals surface area contributed by atoms with Crippen LogP contribution in [-0.2, 0) is 7.05 Å². The normalized spacial score (nSPS) is 11.4. The number of fused-ring (bicyclic) bond motifs is 2. The molecule has 3 heterocycles. The molecule has 0 fully saturated rings. The van der Waals surface area contributed by atoms with Crippen LogP contribution in [0.15, 0.2) is 55.0 Å². The molecule has 5 aromatic rings. The fourth-order valence-corrected chi connectivity index (χ4v) is 3.30. The van der Waals surface area contributed by atoms with Gasteiger partial charge in [-0.15, -0.1) is 0 Å². The Bertz CT molecular complexity index is 1280. The van der Waals surface area contributed by atoms with E-state index in [-0.39, 0.29) is 5.69 Å². The Morgan fingerprint density at radius 2 is 1.79 bits per heavy atom. The number of para-hydroxylation sites is 3. The summed E-state index contributed by atoms with van der Waals surface area (Å²) in [6.45, 7) is 0. The van der Waals surface area contributed by atoms with Crippen molar-refractivity contribution >= 4 is 33.6 Å². The van der Waals surface area contributed by atoms with Gasteiger partial charge in [0.1, 0.15) is 40.9 Å². The Balaban J connectivity index is 1.73. The van der Waals surface area contributed by atoms with E-state index in [1.165, 1.54) is 24.5 Å². The summed E-state index contributed by atoms with van der Waals surface area (Å²) in [4.78, 5) is 16.4. The summed E-state index contributed by atoms with van der Waals surface area (Å²) >= 11 is 0. The minimum Gasteiger partial charge on any atom is -0.338 e. The first-order chi connectivity index (χ1) is 13.6. The third-order valence-electron chi connectivity index (χ3n) is 4.60. The molecule has 0 aliphatic rings. The van der Waals surface area contributed by atoms with Gasteiger partial charge in [-0.25, -0.2) is 23.7 Å². The number of H-pyrrole nitrogens is 1. The number of aryl methyl sites for hydroxylation is 1. The van der Waals surface area contributed by atoms with Crippen LogP contribution in [0.25, 0.3) is 33.5 Å². The first-order valence-electron chi connectivity index (χ1n) is 8.58. The summed E-state index contributed by atoms with van der Waals surface area (Å²) in [5.41, 5.74) is 2.79. The molecule has 3 aromatic heterocycles. The summed E-state index contributed by atoms with van der Waals surface area (Å²) in [6.07, 6.45) is 3.21. The van der Waals surface area contributed by atoms with Crippen LogP contribution in [-0.4, -0.2) is 24.5 Å². The number of rotatable bonds is 3. The zero-order valence-electron chi connectivity index (χ0n) is 14.7. The number of halogens is 2. The van der Waals surface area contributed by atoms with E-state index in [9.17, 15) is 8.78 Å². The second kappa shape index (κ2) is 6.12. The maximum absolute atomic E-state index is 14.1. The van der Waals surface area contributed by atoms with Crippen molar-refractivity contribution in [2.75, 3.05) is 5.32 Å². The van der Waals surface area contributed by atoms with Gasteiger partial charge in [0.2, 0.25) is 0 Å². The number of benzene rings is 2. The fraction of sp³-hybridized carbons (Fsp3) is 0.0500. The average molecular weight is 376 g/mol. The van der Waals surface area contributed by atoms with Crippen LogP contribution in [0.2, 0.25) is 0 Å². The predicted molar refractivity (Wildman–Crippen MR) is 103 cm³/mol. The molecule has 28 heavy (non-hydrogen) atoms. The van der Waals surface area contributed by atoms with Gasteiger partial charge in [0.15, 0.2) is 0 Å². The van der Waals surface area contributed by atoms with Gasteiger partial charge in [0, 0.05) is 18.8 Å². The van der Waals surface area contributed by atoms with Crippen LogP contribution in [0.1, 0.15) is 0 Å². The average Bonchev–Trinajstić information content (AvgIpc) is 3.26. The summed E-state index contributed by atoms with van der Waals surface area (Å²) in [5.74, 6) is -0.482. The summed E-state index contributed by atoms with van der Waals surface area (Å²) in [6, 6.07) is 11.4. The second-order valence-corrected chi connectivity index (χ2v) is 6.40. The van der Waals surface area contributed by atoms with Crippen LogP contribution in [0, 0.1) is 11.6 Å². The first kappa shape index (κ1) is 16.4. The predicted octanol–water partition coefficient (Wildman–Crippen LogP) is 4.53. The van der Waals surface area contributed by atoms with E-state index in [2.05, 4.69) is 25.3 Å². The Hall–Kier alpha value is -3.81. The molecular weight excluding hydrogens is 362 g/mol. The molecule has 0 unspecified atom stereocenters. The number of aromatic nitrogens is 5. The SMILES string of the molecule is Cn1cc(-c2nc3ccccc3[nH]2)c2c(Nc3c(F)cccc3F)ncnc21. The number of aromatic amines is 1. The minimum atomic E-state index is -0.701. The molecular formula is C20H14F2N6. The van der Waals surface area contributed by atoms with Gasteiger partial charge in [0.25, 0.3) is 0 Å². The molecule has 0 radical (unpaired) electrons. The van der Waals surface area contributed by atoms with Crippen molar-refractivity contribution in [3.8, 4) is 11.4 Å². The number of hydrogen-bond acceptors (Lipinski definition) is 4. The standard InChI is InChI=1S/C20H14F2N6/c1-28-9-11(18-25-14-7-2-3-8-15(14)26-18)16-19(23-10-24-20(16)28)27-17-12(21)5-4-6-13(17)22/h2-10H,1H3,(H,25,26)(H,23,24,27). The van der Waals surface area contributed by atoms with E-state index in [0.717, 1.165) is 16.6 Å². The largest absolute Gasteiger partial charge is 0.338 e. The lowest BCUT2D eigenvalue weighted by molar-refractivity contribution is 0.590. The topological polar surface area (TPSA) is 71.4 Å². The maximum atomic E-state index is 14.1. The van der Waals surface area contributed by atoms with Crippen molar-refractivity contribution in [2.45, 2.75) is 0 Å². The van der Waals surface area contributed by atoms with Gasteiger partial charge in [-0.05, 0) is 24.3 Å². The highest BCUT2D eigenvalue weighted by Crippen LogP contribution is 2.34. The van der Waals surface area contributed by atoms with Gasteiger partial charge < -0.3 is 14.9 Å². The Morgan fingerprint density at radius 1 is 1.00 bits per heavy atom. The van der Waals surface area contributed by atoms with Crippen LogP contribution in [0.3, 0.4) is 0 Å². The van der Waals surface area contributed by atoms with E-state index >= 15 is 0 Å². The number of nitrogens with one attached hydrogen (secondary N) is 2. The van der Waals surface area contributed by atoms with Gasteiger partial charge in [-0.3, -0.25) is 0 Å². The molecule has 0 saturated heterocycles. The molecule has 0 saturated carbocycles. The van der Waals surface area contributed by atoms with Crippen molar-refractivity contribution in [3.63, 3.8) is 0 Å². The minimum absolute atomic E-state index is 0.262. The van der Waals surface area contributed by atoms with E-state index < -0.39 is 11.6 Å². The van der Waals surface area contributed by atoms with Crippen molar-refractivity contribution in [3.05, 3.63) is 66.6 Å². The molecule has 2 aromatic carbocycles. The quantitative estimate of drug-likeness (QED) is 0.485. The van der Waals surface area contributed by atoms with Crippen molar-refractivity contribution in [2.24, 2.45) is 7.05 Å².